The molecular weight excluding hydrogens is 180 g/mol. The third kappa shape index (κ3) is 13.5. The summed E-state index contributed by atoms with van der Waals surface area (Å²) < 4.78 is 0. The zero-order chi connectivity index (χ0) is 11.2. The van der Waals surface area contributed by atoms with Crippen LogP contribution < -0.4 is 0 Å². The van der Waals surface area contributed by atoms with Crippen LogP contribution in [-0.4, -0.2) is 0 Å². The first-order chi connectivity index (χ1) is 7.41. The van der Waals surface area contributed by atoms with E-state index >= 15 is 0 Å². The van der Waals surface area contributed by atoms with Crippen LogP contribution in [0.15, 0.2) is 24.3 Å². The van der Waals surface area contributed by atoms with Crippen molar-refractivity contribution < 1.29 is 0 Å². The third-order valence-corrected chi connectivity index (χ3v) is 2.41. The third-order valence-electron chi connectivity index (χ3n) is 2.41. The van der Waals surface area contributed by atoms with E-state index in [9.17, 15) is 0 Å². The van der Waals surface area contributed by atoms with Crippen LogP contribution in [0.25, 0.3) is 0 Å². The molecule has 0 saturated carbocycles. The molecule has 0 aliphatic carbocycles. The molecule has 0 amide bonds. The van der Waals surface area contributed by atoms with E-state index in [1.54, 1.807) is 0 Å². The van der Waals surface area contributed by atoms with E-state index in [0.29, 0.717) is 0 Å². The van der Waals surface area contributed by atoms with Crippen LogP contribution in [0.1, 0.15) is 64.7 Å². The molecule has 0 unspecified atom stereocenters. The smallest absolute Gasteiger partial charge is 0.0316 e. The molecule has 0 aliphatic heterocycles. The van der Waals surface area contributed by atoms with Crippen LogP contribution in [0.3, 0.4) is 0 Å². The SMILES string of the molecule is [CH2]CCCCCC=CCCC=CCCC. The summed E-state index contributed by atoms with van der Waals surface area (Å²) in [4.78, 5) is 0. The van der Waals surface area contributed by atoms with Gasteiger partial charge in [-0.05, 0) is 32.1 Å². The highest BCUT2D eigenvalue weighted by Gasteiger charge is 1.84. The molecule has 0 heterocycles. The summed E-state index contributed by atoms with van der Waals surface area (Å²) in [5, 5.41) is 0. The lowest BCUT2D eigenvalue weighted by molar-refractivity contribution is 0.694. The number of hydrogen-bond acceptors (Lipinski definition) is 0. The highest BCUT2D eigenvalue weighted by atomic mass is 13.9. The molecule has 0 aromatic heterocycles. The Labute approximate surface area is 96.5 Å². The second-order valence-corrected chi connectivity index (χ2v) is 4.01. The largest absolute Gasteiger partial charge is 0.0885 e. The van der Waals surface area contributed by atoms with Gasteiger partial charge in [-0.3, -0.25) is 0 Å². The van der Waals surface area contributed by atoms with Crippen molar-refractivity contribution in [3.05, 3.63) is 31.2 Å². The molecule has 0 aromatic rings. The fourth-order valence-electron chi connectivity index (χ4n) is 1.45. The summed E-state index contributed by atoms with van der Waals surface area (Å²) in [5.41, 5.74) is 0. The Bertz CT molecular complexity index is 153. The van der Waals surface area contributed by atoms with Gasteiger partial charge in [-0.25, -0.2) is 0 Å². The second kappa shape index (κ2) is 13.5. The van der Waals surface area contributed by atoms with Crippen molar-refractivity contribution in [2.75, 3.05) is 0 Å². The molecule has 0 saturated heterocycles. The van der Waals surface area contributed by atoms with Gasteiger partial charge < -0.3 is 0 Å². The van der Waals surface area contributed by atoms with E-state index in [1.807, 2.05) is 0 Å². The van der Waals surface area contributed by atoms with Gasteiger partial charge in [0.05, 0.1) is 0 Å². The lowest BCUT2D eigenvalue weighted by Gasteiger charge is -1.93. The predicted molar refractivity (Wildman–Crippen MR) is 70.9 cm³/mol. The van der Waals surface area contributed by atoms with Crippen molar-refractivity contribution in [3.63, 3.8) is 0 Å². The molecule has 0 aliphatic rings. The number of rotatable bonds is 10. The Morgan fingerprint density at radius 3 is 1.93 bits per heavy atom. The van der Waals surface area contributed by atoms with Crippen LogP contribution in [-0.2, 0) is 0 Å². The zero-order valence-electron chi connectivity index (χ0n) is 10.4. The molecule has 0 nitrogen and oxygen atoms in total. The van der Waals surface area contributed by atoms with E-state index in [4.69, 9.17) is 0 Å². The van der Waals surface area contributed by atoms with E-state index in [1.165, 1.54) is 51.4 Å². The van der Waals surface area contributed by atoms with E-state index in [0.717, 1.165) is 6.42 Å². The molecule has 0 N–H and O–H groups in total. The first-order valence-corrected chi connectivity index (χ1v) is 6.51. The van der Waals surface area contributed by atoms with Crippen LogP contribution in [0.5, 0.6) is 0 Å². The number of unbranched alkanes of at least 4 members (excludes halogenated alkanes) is 6. The monoisotopic (exact) mass is 207 g/mol. The summed E-state index contributed by atoms with van der Waals surface area (Å²) in [6.07, 6.45) is 20.4. The normalized spacial score (nSPS) is 11.9. The van der Waals surface area contributed by atoms with E-state index in [2.05, 4.69) is 38.2 Å². The summed E-state index contributed by atoms with van der Waals surface area (Å²) in [5.74, 6) is 0. The van der Waals surface area contributed by atoms with Crippen LogP contribution in [0.2, 0.25) is 0 Å². The van der Waals surface area contributed by atoms with Crippen LogP contribution >= 0.6 is 0 Å². The van der Waals surface area contributed by atoms with Gasteiger partial charge in [0.15, 0.2) is 0 Å². The number of hydrogen-bond donors (Lipinski definition) is 0. The van der Waals surface area contributed by atoms with Gasteiger partial charge >= 0.3 is 0 Å². The van der Waals surface area contributed by atoms with Crippen molar-refractivity contribution in [1.29, 1.82) is 0 Å². The van der Waals surface area contributed by atoms with Crippen molar-refractivity contribution in [2.24, 2.45) is 0 Å². The topological polar surface area (TPSA) is 0 Å². The van der Waals surface area contributed by atoms with Crippen LogP contribution in [0, 0.1) is 6.92 Å². The average molecular weight is 207 g/mol. The highest BCUT2D eigenvalue weighted by Crippen LogP contribution is 2.04. The average Bonchev–Trinajstić information content (AvgIpc) is 2.26. The molecule has 0 atom stereocenters. The minimum absolute atomic E-state index is 1.09. The second-order valence-electron chi connectivity index (χ2n) is 4.01. The van der Waals surface area contributed by atoms with Gasteiger partial charge in [0.1, 0.15) is 0 Å². The van der Waals surface area contributed by atoms with Crippen molar-refractivity contribution in [3.8, 4) is 0 Å². The lowest BCUT2D eigenvalue weighted by atomic mass is 10.1. The maximum absolute atomic E-state index is 3.84. The number of allylic oxidation sites excluding steroid dienone is 4. The van der Waals surface area contributed by atoms with Crippen molar-refractivity contribution in [1.82, 2.24) is 0 Å². The molecule has 87 valence electrons. The summed E-state index contributed by atoms with van der Waals surface area (Å²) >= 11 is 0. The van der Waals surface area contributed by atoms with Gasteiger partial charge in [-0.15, -0.1) is 0 Å². The van der Waals surface area contributed by atoms with E-state index in [-0.39, 0.29) is 0 Å². The van der Waals surface area contributed by atoms with E-state index < -0.39 is 0 Å². The summed E-state index contributed by atoms with van der Waals surface area (Å²) in [6, 6.07) is 0. The Hall–Kier alpha value is -0.520. The maximum Gasteiger partial charge on any atom is -0.0316 e. The summed E-state index contributed by atoms with van der Waals surface area (Å²) in [6.45, 7) is 6.06. The predicted octanol–water partition coefficient (Wildman–Crippen LogP) is 5.46. The Morgan fingerprint density at radius 1 is 0.733 bits per heavy atom. The standard InChI is InChI=1S/C15H27/c1-3-5-7-9-11-13-15-14-12-10-8-6-4-2/h8,10,13,15H,1,3-7,9,11-12,14H2,2H3. The molecule has 0 aromatic carbocycles. The lowest BCUT2D eigenvalue weighted by Crippen LogP contribution is -1.74. The quantitative estimate of drug-likeness (QED) is 0.329. The Balaban J connectivity index is 3.10. The summed E-state index contributed by atoms with van der Waals surface area (Å²) in [7, 11) is 0. The van der Waals surface area contributed by atoms with Gasteiger partial charge in [0, 0.05) is 0 Å². The fourth-order valence-corrected chi connectivity index (χ4v) is 1.45. The maximum atomic E-state index is 3.84. The minimum atomic E-state index is 1.09. The molecule has 15 heavy (non-hydrogen) atoms. The molecule has 0 spiro atoms. The first kappa shape index (κ1) is 14.5. The zero-order valence-corrected chi connectivity index (χ0v) is 10.4. The highest BCUT2D eigenvalue weighted by molar-refractivity contribution is 4.87. The molecule has 0 rings (SSSR count). The molecule has 1 radical (unpaired) electrons. The van der Waals surface area contributed by atoms with Crippen molar-refractivity contribution >= 4 is 0 Å². The van der Waals surface area contributed by atoms with Gasteiger partial charge in [-0.2, -0.15) is 0 Å². The minimum Gasteiger partial charge on any atom is -0.0885 e. The van der Waals surface area contributed by atoms with Gasteiger partial charge in [-0.1, -0.05) is 63.8 Å². The van der Waals surface area contributed by atoms with Gasteiger partial charge in [0.2, 0.25) is 0 Å². The van der Waals surface area contributed by atoms with Crippen LogP contribution in [0.4, 0.5) is 0 Å². The first-order valence-electron chi connectivity index (χ1n) is 6.51. The molecular formula is C15H27. The van der Waals surface area contributed by atoms with Gasteiger partial charge in [0.25, 0.3) is 0 Å². The molecule has 0 fully saturated rings. The van der Waals surface area contributed by atoms with Crippen molar-refractivity contribution in [2.45, 2.75) is 64.7 Å². The molecule has 0 heteroatoms. The Morgan fingerprint density at radius 2 is 1.33 bits per heavy atom. The molecule has 0 bridgehead atoms. The fraction of sp³-hybridized carbons (Fsp3) is 0.667. The Kier molecular flexibility index (Phi) is 13.0.